The first-order valence-corrected chi connectivity index (χ1v) is 7.62. The lowest BCUT2D eigenvalue weighted by Gasteiger charge is -2.27. The van der Waals surface area contributed by atoms with Crippen LogP contribution < -0.4 is 0 Å². The minimum atomic E-state index is -0.700. The highest BCUT2D eigenvalue weighted by molar-refractivity contribution is 5.08. The van der Waals surface area contributed by atoms with Crippen molar-refractivity contribution in [2.45, 2.75) is 44.8 Å². The fourth-order valence-electron chi connectivity index (χ4n) is 2.86. The zero-order valence-corrected chi connectivity index (χ0v) is 12.8. The molecule has 0 aromatic carbocycles. The normalized spacial score (nSPS) is 27.1. The lowest BCUT2D eigenvalue weighted by molar-refractivity contribution is 0.0419. The number of rotatable bonds is 4. The molecule has 0 spiro atoms. The Kier molecular flexibility index (Phi) is 5.30. The van der Waals surface area contributed by atoms with Crippen molar-refractivity contribution in [3.8, 4) is 0 Å². The third-order valence-corrected chi connectivity index (χ3v) is 4.29. The van der Waals surface area contributed by atoms with E-state index >= 15 is 0 Å². The Morgan fingerprint density at radius 1 is 1.38 bits per heavy atom. The van der Waals surface area contributed by atoms with Crippen LogP contribution in [0.1, 0.15) is 44.9 Å². The van der Waals surface area contributed by atoms with Crippen molar-refractivity contribution in [3.05, 3.63) is 29.8 Å². The first-order chi connectivity index (χ1) is 9.87. The Bertz CT molecular complexity index is 450. The van der Waals surface area contributed by atoms with E-state index in [-0.39, 0.29) is 5.92 Å². The smallest absolute Gasteiger partial charge is 0.141 e. The van der Waals surface area contributed by atoms with Crippen molar-refractivity contribution in [1.82, 2.24) is 9.88 Å². The third-order valence-electron chi connectivity index (χ3n) is 4.29. The number of hydrogen-bond donors (Lipinski definition) is 2. The molecule has 21 heavy (non-hydrogen) atoms. The number of nitrogens with zero attached hydrogens (tertiary/aromatic N) is 2. The van der Waals surface area contributed by atoms with Gasteiger partial charge in [-0.05, 0) is 44.9 Å². The van der Waals surface area contributed by atoms with Crippen molar-refractivity contribution >= 4 is 0 Å². The van der Waals surface area contributed by atoms with Crippen LogP contribution in [0, 0.1) is 11.7 Å². The molecule has 0 saturated carbocycles. The van der Waals surface area contributed by atoms with Gasteiger partial charge >= 0.3 is 0 Å². The molecule has 0 bridgehead atoms. The summed E-state index contributed by atoms with van der Waals surface area (Å²) in [5.74, 6) is -0.389. The van der Waals surface area contributed by atoms with E-state index in [0.717, 1.165) is 45.1 Å². The molecule has 4 nitrogen and oxygen atoms in total. The van der Waals surface area contributed by atoms with E-state index in [9.17, 15) is 14.6 Å². The molecular weight excluding hydrogens is 271 g/mol. The van der Waals surface area contributed by atoms with Gasteiger partial charge in [-0.3, -0.25) is 4.98 Å². The van der Waals surface area contributed by atoms with Crippen LogP contribution in [-0.4, -0.2) is 45.3 Å². The van der Waals surface area contributed by atoms with Crippen LogP contribution in [0.15, 0.2) is 18.3 Å². The Hall–Kier alpha value is -1.04. The van der Waals surface area contributed by atoms with E-state index in [1.807, 2.05) is 13.8 Å². The van der Waals surface area contributed by atoms with E-state index in [2.05, 4.69) is 9.88 Å². The molecule has 118 valence electrons. The summed E-state index contributed by atoms with van der Waals surface area (Å²) in [6.07, 6.45) is 2.97. The average molecular weight is 296 g/mol. The van der Waals surface area contributed by atoms with E-state index in [1.165, 1.54) is 12.1 Å². The van der Waals surface area contributed by atoms with Crippen molar-refractivity contribution in [2.75, 3.05) is 19.6 Å². The van der Waals surface area contributed by atoms with Crippen LogP contribution in [0.5, 0.6) is 0 Å². The van der Waals surface area contributed by atoms with Gasteiger partial charge in [0.25, 0.3) is 0 Å². The summed E-state index contributed by atoms with van der Waals surface area (Å²) in [6.45, 7) is 6.37. The molecular formula is C16H25FN2O2. The fourth-order valence-corrected chi connectivity index (χ4v) is 2.86. The summed E-state index contributed by atoms with van der Waals surface area (Å²) in [5, 5.41) is 20.4. The van der Waals surface area contributed by atoms with Gasteiger partial charge in [-0.25, -0.2) is 4.39 Å². The lowest BCUT2D eigenvalue weighted by Crippen LogP contribution is -2.33. The SMILES string of the molecule is CC(CN1CCCC(C)(O)CC1)C(O)c1ccc(F)cn1. The predicted molar refractivity (Wildman–Crippen MR) is 79.2 cm³/mol. The lowest BCUT2D eigenvalue weighted by atomic mass is 9.98. The first kappa shape index (κ1) is 16.3. The molecule has 2 N–H and O–H groups in total. The van der Waals surface area contributed by atoms with Gasteiger partial charge < -0.3 is 15.1 Å². The van der Waals surface area contributed by atoms with Gasteiger partial charge in [0.2, 0.25) is 0 Å². The molecule has 1 fully saturated rings. The Labute approximate surface area is 125 Å². The van der Waals surface area contributed by atoms with Gasteiger partial charge in [-0.1, -0.05) is 6.92 Å². The van der Waals surface area contributed by atoms with Gasteiger partial charge in [-0.2, -0.15) is 0 Å². The van der Waals surface area contributed by atoms with Crippen LogP contribution in [0.4, 0.5) is 4.39 Å². The predicted octanol–water partition coefficient (Wildman–Crippen LogP) is 2.13. The van der Waals surface area contributed by atoms with Crippen LogP contribution in [0.3, 0.4) is 0 Å². The Morgan fingerprint density at radius 3 is 2.81 bits per heavy atom. The Balaban J connectivity index is 1.91. The zero-order valence-electron chi connectivity index (χ0n) is 12.8. The van der Waals surface area contributed by atoms with Crippen LogP contribution in [0.2, 0.25) is 0 Å². The number of aliphatic hydroxyl groups excluding tert-OH is 1. The van der Waals surface area contributed by atoms with Crippen LogP contribution in [-0.2, 0) is 0 Å². The third kappa shape index (κ3) is 4.73. The molecule has 1 aromatic heterocycles. The van der Waals surface area contributed by atoms with Crippen LogP contribution >= 0.6 is 0 Å². The second kappa shape index (κ2) is 6.81. The molecule has 1 aromatic rings. The van der Waals surface area contributed by atoms with Crippen molar-refractivity contribution in [3.63, 3.8) is 0 Å². The first-order valence-electron chi connectivity index (χ1n) is 7.62. The molecule has 1 aliphatic rings. The summed E-state index contributed by atoms with van der Waals surface area (Å²) >= 11 is 0. The summed E-state index contributed by atoms with van der Waals surface area (Å²) in [4.78, 5) is 6.23. The number of pyridine rings is 1. The standard InChI is InChI=1S/C16H25FN2O2/c1-12(15(20)14-5-4-13(17)10-18-14)11-19-8-3-6-16(2,21)7-9-19/h4-5,10,12,15,20-21H,3,6-9,11H2,1-2H3. The van der Waals surface area contributed by atoms with Gasteiger partial charge in [0, 0.05) is 19.0 Å². The highest BCUT2D eigenvalue weighted by atomic mass is 19.1. The number of aromatic nitrogens is 1. The van der Waals surface area contributed by atoms with Crippen molar-refractivity contribution in [1.29, 1.82) is 0 Å². The highest BCUT2D eigenvalue weighted by Crippen LogP contribution is 2.25. The molecule has 3 unspecified atom stereocenters. The summed E-state index contributed by atoms with van der Waals surface area (Å²) < 4.78 is 12.9. The van der Waals surface area contributed by atoms with Crippen molar-refractivity contribution in [2.24, 2.45) is 5.92 Å². The second-order valence-corrected chi connectivity index (χ2v) is 6.47. The average Bonchev–Trinajstić information content (AvgIpc) is 2.60. The topological polar surface area (TPSA) is 56.6 Å². The van der Waals surface area contributed by atoms with E-state index < -0.39 is 17.5 Å². The summed E-state index contributed by atoms with van der Waals surface area (Å²) in [6, 6.07) is 2.85. The Morgan fingerprint density at radius 2 is 2.14 bits per heavy atom. The molecule has 1 aliphatic heterocycles. The summed E-state index contributed by atoms with van der Waals surface area (Å²) in [5.41, 5.74) is -0.0690. The van der Waals surface area contributed by atoms with Gasteiger partial charge in [0.1, 0.15) is 5.82 Å². The van der Waals surface area contributed by atoms with Gasteiger partial charge in [0.05, 0.1) is 23.6 Å². The molecule has 5 heteroatoms. The number of aliphatic hydroxyl groups is 2. The molecule has 2 rings (SSSR count). The highest BCUT2D eigenvalue weighted by Gasteiger charge is 2.27. The fraction of sp³-hybridized carbons (Fsp3) is 0.688. The van der Waals surface area contributed by atoms with E-state index in [1.54, 1.807) is 0 Å². The monoisotopic (exact) mass is 296 g/mol. The molecule has 0 aliphatic carbocycles. The number of hydrogen-bond acceptors (Lipinski definition) is 4. The molecule has 0 amide bonds. The maximum atomic E-state index is 12.9. The van der Waals surface area contributed by atoms with Gasteiger partial charge in [-0.15, -0.1) is 0 Å². The molecule has 3 atom stereocenters. The largest absolute Gasteiger partial charge is 0.390 e. The van der Waals surface area contributed by atoms with Gasteiger partial charge in [0.15, 0.2) is 0 Å². The summed E-state index contributed by atoms with van der Waals surface area (Å²) in [7, 11) is 0. The maximum absolute atomic E-state index is 12.9. The van der Waals surface area contributed by atoms with Crippen LogP contribution in [0.25, 0.3) is 0 Å². The van der Waals surface area contributed by atoms with E-state index in [0.29, 0.717) is 5.69 Å². The minimum absolute atomic E-state index is 0.00557. The molecule has 0 radical (unpaired) electrons. The molecule has 1 saturated heterocycles. The number of likely N-dealkylation sites (tertiary alicyclic amines) is 1. The van der Waals surface area contributed by atoms with Crippen molar-refractivity contribution < 1.29 is 14.6 Å². The zero-order chi connectivity index (χ0) is 15.5. The second-order valence-electron chi connectivity index (χ2n) is 6.47. The van der Waals surface area contributed by atoms with E-state index in [4.69, 9.17) is 0 Å². The maximum Gasteiger partial charge on any atom is 0.141 e. The quantitative estimate of drug-likeness (QED) is 0.893. The minimum Gasteiger partial charge on any atom is -0.390 e. The number of halogens is 1. The molecule has 2 heterocycles.